The van der Waals surface area contributed by atoms with Crippen molar-refractivity contribution in [1.82, 2.24) is 10.6 Å². The van der Waals surface area contributed by atoms with E-state index in [0.29, 0.717) is 24.5 Å². The number of hydrogen-bond donors (Lipinski definition) is 7. The van der Waals surface area contributed by atoms with Crippen LogP contribution in [0.4, 0.5) is 4.79 Å². The van der Waals surface area contributed by atoms with Gasteiger partial charge in [0.1, 0.15) is 65.9 Å². The maximum Gasteiger partial charge on any atom is 0.407 e. The number of unbranched alkanes of at least 4 members (excludes halogenated alkanes) is 1. The molecule has 0 aliphatic carbocycles. The van der Waals surface area contributed by atoms with Crippen LogP contribution in [0, 0.1) is 38.5 Å². The zero-order valence-corrected chi connectivity index (χ0v) is 45.7. The lowest BCUT2D eigenvalue weighted by atomic mass is 9.83. The van der Waals surface area contributed by atoms with Gasteiger partial charge in [0.25, 0.3) is 5.91 Å². The Balaban J connectivity index is 1.22. The highest BCUT2D eigenvalue weighted by Gasteiger charge is 2.49. The molecule has 73 heavy (non-hydrogen) atoms. The van der Waals surface area contributed by atoms with Crippen molar-refractivity contribution in [2.45, 2.75) is 225 Å². The number of aliphatic hydroxyl groups excluding tert-OH is 5. The van der Waals surface area contributed by atoms with Crippen LogP contribution in [0.2, 0.25) is 0 Å². The molecule has 14 atom stereocenters. The molecule has 1 aromatic carbocycles. The largest absolute Gasteiger partial charge is 0.487 e. The highest BCUT2D eigenvalue weighted by Crippen LogP contribution is 2.45. The number of esters is 1. The molecule has 1 aromatic rings. The van der Waals surface area contributed by atoms with Crippen LogP contribution in [-0.4, -0.2) is 164 Å². The third-order valence-corrected chi connectivity index (χ3v) is 14.8. The predicted octanol–water partition coefficient (Wildman–Crippen LogP) is 5.39. The van der Waals surface area contributed by atoms with Crippen molar-refractivity contribution in [3.05, 3.63) is 22.3 Å². The van der Waals surface area contributed by atoms with Gasteiger partial charge < -0.3 is 78.8 Å². The second-order valence-electron chi connectivity index (χ2n) is 21.4. The topological polar surface area (TPSA) is 259 Å². The quantitative estimate of drug-likeness (QED) is 0.0376. The molecular weight excluding hydrogens is 949 g/mol. The van der Waals surface area contributed by atoms with Crippen LogP contribution in [0.25, 0.3) is 0 Å². The van der Waals surface area contributed by atoms with Gasteiger partial charge in [0.05, 0.1) is 19.8 Å². The van der Waals surface area contributed by atoms with Gasteiger partial charge in [-0.2, -0.15) is 0 Å². The Kier molecular flexibility index (Phi) is 25.9. The third-order valence-electron chi connectivity index (χ3n) is 14.8. The number of hydrogen-bond acceptors (Lipinski definition) is 17. The van der Waals surface area contributed by atoms with Gasteiger partial charge in [-0.15, -0.1) is 0 Å². The van der Waals surface area contributed by atoms with Crippen LogP contribution >= 0.6 is 0 Å². The van der Waals surface area contributed by atoms with Crippen LogP contribution in [-0.2, 0) is 49.2 Å². The maximum atomic E-state index is 13.3. The average molecular weight is 1040 g/mol. The summed E-state index contributed by atoms with van der Waals surface area (Å²) in [6, 6.07) is -0.977. The molecule has 4 rings (SSSR count). The van der Waals surface area contributed by atoms with E-state index in [4.69, 9.17) is 42.6 Å². The smallest absolute Gasteiger partial charge is 0.407 e. The number of nitrogens with one attached hydrogen (secondary N) is 2. The molecule has 7 N–H and O–H groups in total. The number of fused-ring (bicyclic) bond motifs is 1. The number of methoxy groups -OCH3 is 2. The highest BCUT2D eigenvalue weighted by atomic mass is 16.7. The molecule has 0 aromatic heterocycles. The first-order valence-electron chi connectivity index (χ1n) is 26.8. The van der Waals surface area contributed by atoms with Crippen molar-refractivity contribution in [3.63, 3.8) is 0 Å². The number of alkyl carbamates (subject to hydrolysis) is 1. The number of aliphatic hydroxyl groups is 5. The van der Waals surface area contributed by atoms with Gasteiger partial charge in [0.15, 0.2) is 25.3 Å². The highest BCUT2D eigenvalue weighted by molar-refractivity contribution is 5.85. The SMILES string of the molecule is CCOC(=O)[C@H](CCCCNC(=O)O[C@@H]1C(O)[C@@H](OC)OC(CO[C@H]2OC(COC)[C@@H](O)[C@H](O)C2O)[C@H]1O)NC(=O)COc1c(C)c(C)c2c(c1C)CC[C@](C)(CCC[C@@H](C)CCC[C@@H](C)CCCC(C)C)O2. The van der Waals surface area contributed by atoms with Crippen molar-refractivity contribution in [1.29, 1.82) is 0 Å². The fraction of sp³-hybridized carbons (Fsp3) is 0.833. The van der Waals surface area contributed by atoms with Gasteiger partial charge in [0.2, 0.25) is 0 Å². The van der Waals surface area contributed by atoms with Crippen LogP contribution in [0.3, 0.4) is 0 Å². The lowest BCUT2D eigenvalue weighted by Crippen LogP contribution is -2.62. The zero-order valence-electron chi connectivity index (χ0n) is 45.7. The van der Waals surface area contributed by atoms with Crippen LogP contribution in [0.5, 0.6) is 11.5 Å². The van der Waals surface area contributed by atoms with Crippen molar-refractivity contribution in [2.24, 2.45) is 17.8 Å². The molecule has 0 saturated carbocycles. The van der Waals surface area contributed by atoms with E-state index in [2.05, 4.69) is 45.3 Å². The molecule has 3 aliphatic heterocycles. The Morgan fingerprint density at radius 2 is 1.38 bits per heavy atom. The second kappa shape index (κ2) is 30.4. The fourth-order valence-electron chi connectivity index (χ4n) is 10.1. The number of benzene rings is 1. The summed E-state index contributed by atoms with van der Waals surface area (Å²) in [7, 11) is 2.60. The first kappa shape index (κ1) is 62.2. The van der Waals surface area contributed by atoms with Gasteiger partial charge in [-0.05, 0) is 114 Å². The van der Waals surface area contributed by atoms with E-state index in [1.165, 1.54) is 59.2 Å². The Morgan fingerprint density at radius 1 is 0.740 bits per heavy atom. The minimum atomic E-state index is -1.66. The molecule has 4 unspecified atom stereocenters. The van der Waals surface area contributed by atoms with Crippen molar-refractivity contribution in [3.8, 4) is 11.5 Å². The van der Waals surface area contributed by atoms with Gasteiger partial charge in [0, 0.05) is 26.3 Å². The molecular formula is C54H92N2O17. The molecule has 19 heteroatoms. The van der Waals surface area contributed by atoms with E-state index in [-0.39, 0.29) is 38.4 Å². The molecule has 420 valence electrons. The van der Waals surface area contributed by atoms with Crippen LogP contribution < -0.4 is 20.1 Å². The standard InChI is InChI=1S/C54H92N2O17/c1-12-67-50(63)38(23-13-14-27-55-53(64)72-49-43(59)40(70-51(66-11)46(49)62)29-69-52-45(61)44(60)42(58)39(71-52)28-65-10)56-41(57)30-68-47-34(6)35(7)48-37(36(47)8)24-26-54(9,73-48)25-17-22-33(5)21-16-20-32(4)19-15-18-31(2)3/h31-33,38-40,42-46,49,51-52,58-62H,12-30H2,1-11H3,(H,55,64)(H,56,57)/t32-,33-,38-,39?,40?,42+,43+,44-,45?,46?,49-,51-,52-,54-/m0/s1. The summed E-state index contributed by atoms with van der Waals surface area (Å²) < 4.78 is 50.7. The first-order valence-corrected chi connectivity index (χ1v) is 26.8. The van der Waals surface area contributed by atoms with Crippen molar-refractivity contribution >= 4 is 18.0 Å². The predicted molar refractivity (Wildman–Crippen MR) is 271 cm³/mol. The molecule has 2 fully saturated rings. The molecule has 0 spiro atoms. The van der Waals surface area contributed by atoms with E-state index in [0.717, 1.165) is 65.5 Å². The zero-order chi connectivity index (χ0) is 54.0. The number of carbonyl (C=O) groups is 3. The minimum Gasteiger partial charge on any atom is -0.487 e. The summed E-state index contributed by atoms with van der Waals surface area (Å²) >= 11 is 0. The molecule has 0 bridgehead atoms. The fourth-order valence-corrected chi connectivity index (χ4v) is 10.1. The third kappa shape index (κ3) is 18.4. The monoisotopic (exact) mass is 1040 g/mol. The minimum absolute atomic E-state index is 0.0749. The first-order chi connectivity index (χ1) is 34.6. The summed E-state index contributed by atoms with van der Waals surface area (Å²) in [5.74, 6) is 2.72. The van der Waals surface area contributed by atoms with Gasteiger partial charge >= 0.3 is 12.1 Å². The van der Waals surface area contributed by atoms with E-state index in [9.17, 15) is 39.9 Å². The van der Waals surface area contributed by atoms with E-state index >= 15 is 0 Å². The Morgan fingerprint density at radius 3 is 2.03 bits per heavy atom. The van der Waals surface area contributed by atoms with Crippen molar-refractivity contribution < 1.29 is 82.5 Å². The summed E-state index contributed by atoms with van der Waals surface area (Å²) in [5, 5.41) is 58.2. The number of rotatable bonds is 30. The number of ether oxygens (including phenoxy) is 9. The number of amides is 2. The number of carbonyl (C=O) groups excluding carboxylic acids is 3. The normalized spacial score (nSPS) is 28.3. The molecule has 3 heterocycles. The Hall–Kier alpha value is -3.37. The summed E-state index contributed by atoms with van der Waals surface area (Å²) in [4.78, 5) is 39.2. The Bertz CT molecular complexity index is 1850. The van der Waals surface area contributed by atoms with Crippen LogP contribution in [0.1, 0.15) is 147 Å². The molecule has 0 radical (unpaired) electrons. The van der Waals surface area contributed by atoms with Crippen molar-refractivity contribution in [2.75, 3.05) is 47.2 Å². The molecule has 2 amide bonds. The van der Waals surface area contributed by atoms with E-state index < -0.39 is 92.0 Å². The van der Waals surface area contributed by atoms with E-state index in [1.54, 1.807) is 6.92 Å². The average Bonchev–Trinajstić information content (AvgIpc) is 3.34. The Labute approximate surface area is 434 Å². The van der Waals surface area contributed by atoms with Gasteiger partial charge in [-0.1, -0.05) is 72.6 Å². The second-order valence-corrected chi connectivity index (χ2v) is 21.4. The molecule has 2 saturated heterocycles. The summed E-state index contributed by atoms with van der Waals surface area (Å²) in [6.07, 6.45) is -1.74. The van der Waals surface area contributed by atoms with Gasteiger partial charge in [-0.25, -0.2) is 9.59 Å². The van der Waals surface area contributed by atoms with Gasteiger partial charge in [-0.3, -0.25) is 4.79 Å². The lowest BCUT2D eigenvalue weighted by Gasteiger charge is -2.43. The van der Waals surface area contributed by atoms with E-state index in [1.807, 2.05) is 20.8 Å². The molecule has 3 aliphatic rings. The summed E-state index contributed by atoms with van der Waals surface area (Å²) in [5.41, 5.74) is 3.66. The molecule has 19 nitrogen and oxygen atoms in total. The van der Waals surface area contributed by atoms with Crippen LogP contribution in [0.15, 0.2) is 0 Å². The lowest BCUT2D eigenvalue weighted by molar-refractivity contribution is -0.328. The summed E-state index contributed by atoms with van der Waals surface area (Å²) in [6.45, 7) is 18.6. The maximum absolute atomic E-state index is 13.3.